The maximum atomic E-state index is 11.7. The molecular formula is C19H16ClNO2. The normalized spacial score (nSPS) is 11.0. The monoisotopic (exact) mass is 325 g/mol. The number of hydrogen-bond donors (Lipinski definition) is 1. The van der Waals surface area contributed by atoms with Crippen molar-refractivity contribution in [2.75, 3.05) is 0 Å². The zero-order valence-electron chi connectivity index (χ0n) is 13.1. The zero-order chi connectivity index (χ0) is 16.7. The van der Waals surface area contributed by atoms with Crippen LogP contribution in [0.4, 0.5) is 0 Å². The van der Waals surface area contributed by atoms with Crippen molar-refractivity contribution >= 4 is 28.5 Å². The lowest BCUT2D eigenvalue weighted by atomic mass is 10.00. The summed E-state index contributed by atoms with van der Waals surface area (Å²) in [5.41, 5.74) is 5.65. The summed E-state index contributed by atoms with van der Waals surface area (Å²) in [4.78, 5) is 16.3. The van der Waals surface area contributed by atoms with Crippen molar-refractivity contribution in [3.05, 3.63) is 63.7 Å². The van der Waals surface area contributed by atoms with Gasteiger partial charge < -0.3 is 5.11 Å². The molecule has 2 aromatic carbocycles. The van der Waals surface area contributed by atoms with Gasteiger partial charge in [-0.2, -0.15) is 0 Å². The Morgan fingerprint density at radius 3 is 2.39 bits per heavy atom. The van der Waals surface area contributed by atoms with Gasteiger partial charge in [0.2, 0.25) is 0 Å². The first kappa shape index (κ1) is 15.5. The van der Waals surface area contributed by atoms with Gasteiger partial charge in [-0.3, -0.25) is 0 Å². The number of nitrogens with zero attached hydrogens (tertiary/aromatic N) is 1. The standard InChI is InChI=1S/C19H16ClNO2/c1-10-4-5-13(6-11(10)2)17-9-16(19(22)23)15-8-14(20)7-12(3)18(15)21-17/h4-9H,1-3H3,(H,22,23). The van der Waals surface area contributed by atoms with Crippen molar-refractivity contribution in [2.24, 2.45) is 0 Å². The van der Waals surface area contributed by atoms with Crippen LogP contribution in [0.1, 0.15) is 27.0 Å². The molecule has 4 heteroatoms. The van der Waals surface area contributed by atoms with Gasteiger partial charge >= 0.3 is 5.97 Å². The summed E-state index contributed by atoms with van der Waals surface area (Å²) in [6.45, 7) is 5.96. The summed E-state index contributed by atoms with van der Waals surface area (Å²) in [6, 6.07) is 11.1. The van der Waals surface area contributed by atoms with Crippen molar-refractivity contribution in [3.63, 3.8) is 0 Å². The molecule has 0 aliphatic heterocycles. The second-order valence-electron chi connectivity index (χ2n) is 5.78. The quantitative estimate of drug-likeness (QED) is 0.706. The van der Waals surface area contributed by atoms with E-state index < -0.39 is 5.97 Å². The fraction of sp³-hybridized carbons (Fsp3) is 0.158. The number of benzene rings is 2. The van der Waals surface area contributed by atoms with Crippen LogP contribution in [0.15, 0.2) is 36.4 Å². The molecule has 1 N–H and O–H groups in total. The SMILES string of the molecule is Cc1ccc(-c2cc(C(=O)O)c3cc(Cl)cc(C)c3n2)cc1C. The third-order valence-electron chi connectivity index (χ3n) is 4.10. The third kappa shape index (κ3) is 2.80. The molecule has 0 amide bonds. The predicted molar refractivity (Wildman–Crippen MR) is 93.4 cm³/mol. The predicted octanol–water partition coefficient (Wildman–Crippen LogP) is 5.18. The van der Waals surface area contributed by atoms with E-state index >= 15 is 0 Å². The minimum Gasteiger partial charge on any atom is -0.478 e. The Morgan fingerprint density at radius 2 is 1.74 bits per heavy atom. The lowest BCUT2D eigenvalue weighted by Crippen LogP contribution is -2.01. The number of carbonyl (C=O) groups is 1. The number of aromatic nitrogens is 1. The Kier molecular flexibility index (Phi) is 3.82. The van der Waals surface area contributed by atoms with Crippen molar-refractivity contribution < 1.29 is 9.90 Å². The van der Waals surface area contributed by atoms with Crippen molar-refractivity contribution in [1.29, 1.82) is 0 Å². The van der Waals surface area contributed by atoms with E-state index in [1.54, 1.807) is 18.2 Å². The van der Waals surface area contributed by atoms with E-state index in [-0.39, 0.29) is 5.56 Å². The summed E-state index contributed by atoms with van der Waals surface area (Å²) in [6.07, 6.45) is 0. The first-order valence-corrected chi connectivity index (χ1v) is 7.66. The summed E-state index contributed by atoms with van der Waals surface area (Å²) in [5, 5.41) is 10.6. The van der Waals surface area contributed by atoms with E-state index in [1.165, 1.54) is 5.56 Å². The largest absolute Gasteiger partial charge is 0.478 e. The van der Waals surface area contributed by atoms with Gasteiger partial charge in [-0.25, -0.2) is 9.78 Å². The molecule has 116 valence electrons. The van der Waals surface area contributed by atoms with Gasteiger partial charge in [0.15, 0.2) is 0 Å². The lowest BCUT2D eigenvalue weighted by Gasteiger charge is -2.11. The van der Waals surface area contributed by atoms with E-state index in [9.17, 15) is 9.90 Å². The van der Waals surface area contributed by atoms with Crippen LogP contribution in [0.5, 0.6) is 0 Å². The van der Waals surface area contributed by atoms with Crippen LogP contribution in [0, 0.1) is 20.8 Å². The molecule has 0 atom stereocenters. The average Bonchev–Trinajstić information content (AvgIpc) is 2.49. The van der Waals surface area contributed by atoms with E-state index in [4.69, 9.17) is 11.6 Å². The first-order chi connectivity index (χ1) is 10.9. The van der Waals surface area contributed by atoms with Gasteiger partial charge in [-0.05, 0) is 61.7 Å². The number of fused-ring (bicyclic) bond motifs is 1. The zero-order valence-corrected chi connectivity index (χ0v) is 13.9. The summed E-state index contributed by atoms with van der Waals surface area (Å²) < 4.78 is 0. The molecular weight excluding hydrogens is 310 g/mol. The maximum absolute atomic E-state index is 11.7. The summed E-state index contributed by atoms with van der Waals surface area (Å²) >= 11 is 6.07. The summed E-state index contributed by atoms with van der Waals surface area (Å²) in [5.74, 6) is -0.982. The van der Waals surface area contributed by atoms with Crippen LogP contribution < -0.4 is 0 Å². The van der Waals surface area contributed by atoms with Crippen molar-refractivity contribution in [3.8, 4) is 11.3 Å². The smallest absolute Gasteiger partial charge is 0.336 e. The van der Waals surface area contributed by atoms with Crippen LogP contribution in [0.2, 0.25) is 5.02 Å². The van der Waals surface area contributed by atoms with E-state index in [2.05, 4.69) is 4.98 Å². The Balaban J connectivity index is 2.34. The highest BCUT2D eigenvalue weighted by Gasteiger charge is 2.15. The molecule has 0 radical (unpaired) electrons. The number of carboxylic acid groups (broad SMARTS) is 1. The number of rotatable bonds is 2. The van der Waals surface area contributed by atoms with Crippen LogP contribution in [0.3, 0.4) is 0 Å². The first-order valence-electron chi connectivity index (χ1n) is 7.28. The number of halogens is 1. The molecule has 0 bridgehead atoms. The molecule has 23 heavy (non-hydrogen) atoms. The minimum atomic E-state index is -0.982. The van der Waals surface area contributed by atoms with Crippen LogP contribution in [-0.2, 0) is 0 Å². The van der Waals surface area contributed by atoms with Crippen LogP contribution in [0.25, 0.3) is 22.2 Å². The molecule has 3 nitrogen and oxygen atoms in total. The summed E-state index contributed by atoms with van der Waals surface area (Å²) in [7, 11) is 0. The highest BCUT2D eigenvalue weighted by molar-refractivity contribution is 6.31. The Morgan fingerprint density at radius 1 is 1.00 bits per heavy atom. The Labute approximate surface area is 139 Å². The van der Waals surface area contributed by atoms with E-state index in [0.29, 0.717) is 21.6 Å². The van der Waals surface area contributed by atoms with Gasteiger partial charge in [0.1, 0.15) is 0 Å². The number of aryl methyl sites for hydroxylation is 3. The lowest BCUT2D eigenvalue weighted by molar-refractivity contribution is 0.0699. The van der Waals surface area contributed by atoms with Gasteiger partial charge in [-0.1, -0.05) is 23.7 Å². The maximum Gasteiger partial charge on any atom is 0.336 e. The second kappa shape index (κ2) is 5.67. The molecule has 0 aliphatic rings. The second-order valence-corrected chi connectivity index (χ2v) is 6.21. The molecule has 1 heterocycles. The molecule has 1 aromatic heterocycles. The van der Waals surface area contributed by atoms with E-state index in [0.717, 1.165) is 16.7 Å². The minimum absolute atomic E-state index is 0.217. The molecule has 0 aliphatic carbocycles. The van der Waals surface area contributed by atoms with Gasteiger partial charge in [0.05, 0.1) is 16.8 Å². The van der Waals surface area contributed by atoms with Crippen LogP contribution in [-0.4, -0.2) is 16.1 Å². The number of carboxylic acids is 1. The molecule has 0 saturated heterocycles. The third-order valence-corrected chi connectivity index (χ3v) is 4.32. The van der Waals surface area contributed by atoms with Crippen molar-refractivity contribution in [2.45, 2.75) is 20.8 Å². The molecule has 0 saturated carbocycles. The highest BCUT2D eigenvalue weighted by Crippen LogP contribution is 2.30. The van der Waals surface area contributed by atoms with E-state index in [1.807, 2.05) is 39.0 Å². The number of hydrogen-bond acceptors (Lipinski definition) is 2. The molecule has 3 rings (SSSR count). The number of aromatic carboxylic acids is 1. The fourth-order valence-corrected chi connectivity index (χ4v) is 2.95. The highest BCUT2D eigenvalue weighted by atomic mass is 35.5. The Hall–Kier alpha value is -2.39. The fourth-order valence-electron chi connectivity index (χ4n) is 2.68. The van der Waals surface area contributed by atoms with Gasteiger partial charge in [0, 0.05) is 16.0 Å². The Bertz CT molecular complexity index is 948. The number of pyridine rings is 1. The topological polar surface area (TPSA) is 50.2 Å². The van der Waals surface area contributed by atoms with Gasteiger partial charge in [-0.15, -0.1) is 0 Å². The molecule has 0 spiro atoms. The van der Waals surface area contributed by atoms with Crippen molar-refractivity contribution in [1.82, 2.24) is 4.98 Å². The molecule has 3 aromatic rings. The van der Waals surface area contributed by atoms with Gasteiger partial charge in [0.25, 0.3) is 0 Å². The molecule has 0 fully saturated rings. The van der Waals surface area contributed by atoms with Crippen LogP contribution >= 0.6 is 11.6 Å². The average molecular weight is 326 g/mol. The molecule has 0 unspecified atom stereocenters.